The Bertz CT molecular complexity index is 1820. The Balaban J connectivity index is 1.56. The van der Waals surface area contributed by atoms with Gasteiger partial charge in [0.05, 0.1) is 5.56 Å². The van der Waals surface area contributed by atoms with E-state index in [2.05, 4.69) is 0 Å². The molecule has 3 atom stereocenters. The Hall–Kier alpha value is -5.50. The Labute approximate surface area is 273 Å². The number of hydrogen-bond acceptors (Lipinski definition) is 8. The van der Waals surface area contributed by atoms with Gasteiger partial charge in [-0.25, -0.2) is 0 Å². The van der Waals surface area contributed by atoms with Crippen LogP contribution < -0.4 is 0 Å². The lowest BCUT2D eigenvalue weighted by Crippen LogP contribution is -2.32. The van der Waals surface area contributed by atoms with E-state index in [-0.39, 0.29) is 63.2 Å². The number of rotatable bonds is 9. The number of ketones is 2. The lowest BCUT2D eigenvalue weighted by molar-refractivity contribution is 0.0836. The van der Waals surface area contributed by atoms with Gasteiger partial charge < -0.3 is 30.6 Å². The first-order chi connectivity index (χ1) is 22.4. The smallest absolute Gasteiger partial charge is 0.186 e. The van der Waals surface area contributed by atoms with Gasteiger partial charge in [-0.3, -0.25) is 9.59 Å². The van der Waals surface area contributed by atoms with Gasteiger partial charge in [0, 0.05) is 28.5 Å². The molecule has 4 aromatic carbocycles. The lowest BCUT2D eigenvalue weighted by atomic mass is 9.64. The van der Waals surface area contributed by atoms with Crippen molar-refractivity contribution in [2.24, 2.45) is 5.92 Å². The van der Waals surface area contributed by atoms with E-state index in [1.807, 2.05) is 19.9 Å². The number of allylic oxidation sites excluding steroid dienone is 3. The molecule has 0 saturated heterocycles. The number of phenolic OH excluding ortho intramolecular Hbond substituents is 6. The molecule has 1 saturated carbocycles. The van der Waals surface area contributed by atoms with E-state index in [9.17, 15) is 40.2 Å². The predicted molar refractivity (Wildman–Crippen MR) is 179 cm³/mol. The molecule has 1 aliphatic rings. The first-order valence-corrected chi connectivity index (χ1v) is 15.5. The van der Waals surface area contributed by atoms with Crippen LogP contribution in [0.25, 0.3) is 6.08 Å². The normalized spacial score (nSPS) is 17.8. The predicted octanol–water partition coefficient (Wildman–Crippen LogP) is 7.88. The van der Waals surface area contributed by atoms with Crippen LogP contribution in [0.5, 0.6) is 34.5 Å². The van der Waals surface area contributed by atoms with Gasteiger partial charge in [-0.2, -0.15) is 0 Å². The highest BCUT2D eigenvalue weighted by Gasteiger charge is 2.43. The standard InChI is InChI=1S/C39H38O8/c1-22(2)6-16-29-33(43)19-17-31(38(29)46)39(47)36-28(24-10-14-27(41)15-11-24)4-3-5-30(36)37-34(44)20-25(21-35(37)45)32(42)18-9-23-7-12-26(40)13-8-23/h6-15,17-21,28,30,36,40-41,43-46H,3-5,16H2,1-2H3. The highest BCUT2D eigenvalue weighted by molar-refractivity contribution is 6.07. The van der Waals surface area contributed by atoms with Gasteiger partial charge >= 0.3 is 0 Å². The van der Waals surface area contributed by atoms with E-state index in [0.717, 1.165) is 11.1 Å². The molecule has 0 heterocycles. The third kappa shape index (κ3) is 7.17. The number of aromatic hydroxyl groups is 6. The van der Waals surface area contributed by atoms with Crippen molar-refractivity contribution in [1.82, 2.24) is 0 Å². The minimum absolute atomic E-state index is 0.0192. The average Bonchev–Trinajstić information content (AvgIpc) is 3.04. The van der Waals surface area contributed by atoms with Crippen LogP contribution in [0.1, 0.15) is 87.9 Å². The molecule has 242 valence electrons. The summed E-state index contributed by atoms with van der Waals surface area (Å²) >= 11 is 0. The molecule has 4 aromatic rings. The monoisotopic (exact) mass is 634 g/mol. The van der Waals surface area contributed by atoms with Gasteiger partial charge in [-0.15, -0.1) is 0 Å². The minimum Gasteiger partial charge on any atom is -0.508 e. The van der Waals surface area contributed by atoms with Crippen molar-refractivity contribution >= 4 is 17.6 Å². The summed E-state index contributed by atoms with van der Waals surface area (Å²) in [6, 6.07) is 18.1. The summed E-state index contributed by atoms with van der Waals surface area (Å²) in [7, 11) is 0. The molecule has 8 heteroatoms. The molecule has 1 fully saturated rings. The van der Waals surface area contributed by atoms with Crippen molar-refractivity contribution in [3.05, 3.63) is 124 Å². The fourth-order valence-corrected chi connectivity index (χ4v) is 6.49. The maximum Gasteiger partial charge on any atom is 0.186 e. The SMILES string of the molecule is CC(C)=CCc1c(O)ccc(C(=O)C2C(c3ccc(O)cc3)CCCC2c2c(O)cc(C(=O)C=Cc3ccc(O)cc3)cc2O)c1O. The molecule has 0 bridgehead atoms. The summed E-state index contributed by atoms with van der Waals surface area (Å²) in [5, 5.41) is 63.9. The summed E-state index contributed by atoms with van der Waals surface area (Å²) < 4.78 is 0. The molecule has 0 aromatic heterocycles. The van der Waals surface area contributed by atoms with Crippen LogP contribution in [0.4, 0.5) is 0 Å². The van der Waals surface area contributed by atoms with Crippen LogP contribution in [0, 0.1) is 5.92 Å². The molecule has 0 radical (unpaired) electrons. The number of benzene rings is 4. The van der Waals surface area contributed by atoms with Crippen LogP contribution >= 0.6 is 0 Å². The largest absolute Gasteiger partial charge is 0.508 e. The number of phenols is 6. The number of Topliss-reactive ketones (excluding diaryl/α,β-unsaturated/α-hetero) is 1. The fraction of sp³-hybridized carbons (Fsp3) is 0.231. The van der Waals surface area contributed by atoms with Gasteiger partial charge in [-0.1, -0.05) is 48.4 Å². The van der Waals surface area contributed by atoms with Crippen LogP contribution in [-0.2, 0) is 6.42 Å². The van der Waals surface area contributed by atoms with Gasteiger partial charge in [0.2, 0.25) is 0 Å². The van der Waals surface area contributed by atoms with E-state index in [0.29, 0.717) is 24.8 Å². The average molecular weight is 635 g/mol. The molecule has 1 aliphatic carbocycles. The molecular formula is C39H38O8. The van der Waals surface area contributed by atoms with Crippen molar-refractivity contribution in [2.75, 3.05) is 0 Å². The topological polar surface area (TPSA) is 156 Å². The summed E-state index contributed by atoms with van der Waals surface area (Å²) in [5.41, 5.74) is 2.85. The number of carbonyl (C=O) groups is 2. The zero-order valence-electron chi connectivity index (χ0n) is 26.2. The molecular weight excluding hydrogens is 596 g/mol. The zero-order chi connectivity index (χ0) is 33.8. The third-order valence-electron chi connectivity index (χ3n) is 8.87. The number of hydrogen-bond donors (Lipinski definition) is 6. The Morgan fingerprint density at radius 3 is 1.96 bits per heavy atom. The highest BCUT2D eigenvalue weighted by atomic mass is 16.3. The van der Waals surface area contributed by atoms with Gasteiger partial charge in [0.1, 0.15) is 34.5 Å². The Morgan fingerprint density at radius 2 is 1.34 bits per heavy atom. The molecule has 0 amide bonds. The molecule has 47 heavy (non-hydrogen) atoms. The second-order valence-corrected chi connectivity index (χ2v) is 12.3. The van der Waals surface area contributed by atoms with Crippen LogP contribution in [0.2, 0.25) is 0 Å². The van der Waals surface area contributed by atoms with Crippen LogP contribution in [0.3, 0.4) is 0 Å². The first kappa shape index (κ1) is 32.9. The molecule has 5 rings (SSSR count). The van der Waals surface area contributed by atoms with E-state index in [1.54, 1.807) is 30.3 Å². The van der Waals surface area contributed by atoms with Crippen LogP contribution in [0.15, 0.2) is 90.5 Å². The second kappa shape index (κ2) is 13.9. The minimum atomic E-state index is -0.854. The summed E-state index contributed by atoms with van der Waals surface area (Å²) in [6.45, 7) is 3.78. The van der Waals surface area contributed by atoms with Gasteiger partial charge in [0.25, 0.3) is 0 Å². The quantitative estimate of drug-likeness (QED) is 0.0617. The van der Waals surface area contributed by atoms with Crippen molar-refractivity contribution < 1.29 is 40.2 Å². The lowest BCUT2D eigenvalue weighted by Gasteiger charge is -2.38. The van der Waals surface area contributed by atoms with Gasteiger partial charge in [-0.05, 0) is 105 Å². The van der Waals surface area contributed by atoms with E-state index in [4.69, 9.17) is 0 Å². The molecule has 8 nitrogen and oxygen atoms in total. The summed E-state index contributed by atoms with van der Waals surface area (Å²) in [4.78, 5) is 27.6. The van der Waals surface area contributed by atoms with Crippen molar-refractivity contribution in [3.8, 4) is 34.5 Å². The maximum absolute atomic E-state index is 14.5. The maximum atomic E-state index is 14.5. The second-order valence-electron chi connectivity index (χ2n) is 12.3. The van der Waals surface area contributed by atoms with Crippen molar-refractivity contribution in [2.45, 2.75) is 51.4 Å². The molecule has 0 spiro atoms. The zero-order valence-corrected chi connectivity index (χ0v) is 26.2. The number of carbonyl (C=O) groups excluding carboxylic acids is 2. The Kier molecular flexibility index (Phi) is 9.70. The van der Waals surface area contributed by atoms with E-state index >= 15 is 0 Å². The van der Waals surface area contributed by atoms with E-state index < -0.39 is 29.3 Å². The third-order valence-corrected chi connectivity index (χ3v) is 8.87. The van der Waals surface area contributed by atoms with Crippen molar-refractivity contribution in [3.63, 3.8) is 0 Å². The highest BCUT2D eigenvalue weighted by Crippen LogP contribution is 2.52. The van der Waals surface area contributed by atoms with Gasteiger partial charge in [0.15, 0.2) is 11.6 Å². The molecule has 6 N–H and O–H groups in total. The Morgan fingerprint density at radius 1 is 0.745 bits per heavy atom. The van der Waals surface area contributed by atoms with E-state index in [1.165, 1.54) is 54.6 Å². The first-order valence-electron chi connectivity index (χ1n) is 15.5. The summed E-state index contributed by atoms with van der Waals surface area (Å²) in [5.74, 6) is -3.79. The van der Waals surface area contributed by atoms with Crippen LogP contribution in [-0.4, -0.2) is 42.2 Å². The summed E-state index contributed by atoms with van der Waals surface area (Å²) in [6.07, 6.45) is 6.60. The molecule has 3 unspecified atom stereocenters. The fourth-order valence-electron chi connectivity index (χ4n) is 6.49. The molecule has 0 aliphatic heterocycles. The van der Waals surface area contributed by atoms with Crippen molar-refractivity contribution in [1.29, 1.82) is 0 Å².